The topological polar surface area (TPSA) is 57.6 Å². The van der Waals surface area contributed by atoms with Crippen molar-refractivity contribution in [2.24, 2.45) is 11.8 Å². The van der Waals surface area contributed by atoms with Crippen molar-refractivity contribution in [1.82, 2.24) is 4.90 Å². The maximum absolute atomic E-state index is 12.3. The van der Waals surface area contributed by atoms with Crippen molar-refractivity contribution in [3.8, 4) is 11.8 Å². The van der Waals surface area contributed by atoms with Crippen LogP contribution in [0.3, 0.4) is 0 Å². The van der Waals surface area contributed by atoms with E-state index in [1.807, 2.05) is 11.4 Å². The number of fused-ring (bicyclic) bond motifs is 2. The van der Waals surface area contributed by atoms with E-state index in [1.165, 1.54) is 16.2 Å². The van der Waals surface area contributed by atoms with E-state index >= 15 is 0 Å². The normalized spacial score (nSPS) is 24.1. The van der Waals surface area contributed by atoms with Crippen LogP contribution in [0, 0.1) is 23.7 Å². The number of aliphatic hydroxyl groups excluding tert-OH is 1. The van der Waals surface area contributed by atoms with E-state index in [1.54, 1.807) is 0 Å². The first-order valence-electron chi connectivity index (χ1n) is 7.22. The molecule has 2 unspecified atom stereocenters. The van der Waals surface area contributed by atoms with Crippen LogP contribution in [-0.2, 0) is 16.1 Å². The summed E-state index contributed by atoms with van der Waals surface area (Å²) in [5.41, 5.74) is 0.854. The third kappa shape index (κ3) is 2.74. The Kier molecular flexibility index (Phi) is 4.09. The van der Waals surface area contributed by atoms with Gasteiger partial charge >= 0.3 is 0 Å². The van der Waals surface area contributed by atoms with Crippen molar-refractivity contribution >= 4 is 23.2 Å². The molecule has 1 saturated carbocycles. The number of hydrogen-bond donors (Lipinski definition) is 1. The van der Waals surface area contributed by atoms with Crippen LogP contribution >= 0.6 is 11.3 Å². The van der Waals surface area contributed by atoms with E-state index in [-0.39, 0.29) is 30.3 Å². The van der Waals surface area contributed by atoms with Gasteiger partial charge in [0.1, 0.15) is 0 Å². The lowest BCUT2D eigenvalue weighted by Gasteiger charge is -2.29. The predicted molar refractivity (Wildman–Crippen MR) is 79.3 cm³/mol. The summed E-state index contributed by atoms with van der Waals surface area (Å²) in [5, 5.41) is 10.7. The van der Waals surface area contributed by atoms with Crippen LogP contribution in [0.15, 0.2) is 11.4 Å². The second-order valence-electron chi connectivity index (χ2n) is 5.50. The quantitative estimate of drug-likeness (QED) is 0.684. The molecule has 1 aromatic rings. The molecule has 1 aliphatic heterocycles. The highest BCUT2D eigenvalue weighted by Crippen LogP contribution is 2.39. The molecule has 0 aromatic carbocycles. The summed E-state index contributed by atoms with van der Waals surface area (Å²) >= 11 is 1.52. The number of piperidine rings is 1. The molecule has 2 heterocycles. The fourth-order valence-electron chi connectivity index (χ4n) is 3.07. The van der Waals surface area contributed by atoms with Gasteiger partial charge in [-0.3, -0.25) is 14.5 Å². The molecule has 110 valence electrons. The molecule has 1 aliphatic carbocycles. The fraction of sp³-hybridized carbons (Fsp3) is 0.500. The molecule has 2 amide bonds. The van der Waals surface area contributed by atoms with Crippen LogP contribution in [-0.4, -0.2) is 28.4 Å². The van der Waals surface area contributed by atoms with E-state index in [2.05, 4.69) is 11.8 Å². The molecule has 1 N–H and O–H groups in total. The minimum absolute atomic E-state index is 0.0172. The third-order valence-electron chi connectivity index (χ3n) is 4.17. The van der Waals surface area contributed by atoms with Crippen molar-refractivity contribution < 1.29 is 14.7 Å². The maximum Gasteiger partial charge on any atom is 0.232 e. The number of likely N-dealkylation sites (tertiary alicyclic amines) is 1. The zero-order chi connectivity index (χ0) is 14.8. The molecular formula is C16H17NO3S. The third-order valence-corrected chi connectivity index (χ3v) is 5.08. The van der Waals surface area contributed by atoms with Gasteiger partial charge in [0.05, 0.1) is 13.2 Å². The molecule has 2 fully saturated rings. The van der Waals surface area contributed by atoms with Gasteiger partial charge in [0, 0.05) is 28.7 Å². The van der Waals surface area contributed by atoms with Gasteiger partial charge < -0.3 is 5.11 Å². The van der Waals surface area contributed by atoms with Crippen LogP contribution in [0.5, 0.6) is 0 Å². The Labute approximate surface area is 127 Å². The lowest BCUT2D eigenvalue weighted by Crippen LogP contribution is -2.45. The number of amides is 2. The molecule has 0 spiro atoms. The summed E-state index contributed by atoms with van der Waals surface area (Å²) in [4.78, 5) is 27.0. The maximum atomic E-state index is 12.3. The minimum Gasteiger partial charge on any atom is -0.395 e. The molecule has 1 aromatic heterocycles. The van der Waals surface area contributed by atoms with E-state index < -0.39 is 0 Å². The van der Waals surface area contributed by atoms with Gasteiger partial charge in [0.2, 0.25) is 11.8 Å². The standard InChI is InChI=1S/C16H17NO3S/c18-7-2-1-3-11-6-8-21-14(11)10-17-15(19)12-4-5-13(9-12)16(17)20/h6,8,12-13,18H,2,4-5,7,9-10H2. The number of rotatable bonds is 3. The Balaban J connectivity index is 1.78. The Hall–Kier alpha value is -1.64. The molecule has 1 saturated heterocycles. The Bertz CT molecular complexity index is 603. The van der Waals surface area contributed by atoms with Gasteiger partial charge in [-0.1, -0.05) is 11.8 Å². The number of thiophene rings is 1. The van der Waals surface area contributed by atoms with Crippen LogP contribution in [0.4, 0.5) is 0 Å². The zero-order valence-electron chi connectivity index (χ0n) is 11.7. The fourth-order valence-corrected chi connectivity index (χ4v) is 3.89. The lowest BCUT2D eigenvalue weighted by molar-refractivity contribution is -0.153. The Morgan fingerprint density at radius 2 is 2.00 bits per heavy atom. The van der Waals surface area contributed by atoms with Gasteiger partial charge in [-0.25, -0.2) is 0 Å². The van der Waals surface area contributed by atoms with Crippen molar-refractivity contribution in [2.45, 2.75) is 32.2 Å². The van der Waals surface area contributed by atoms with E-state index in [0.717, 1.165) is 29.7 Å². The first-order chi connectivity index (χ1) is 10.2. The van der Waals surface area contributed by atoms with Crippen molar-refractivity contribution in [1.29, 1.82) is 0 Å². The molecule has 2 bridgehead atoms. The van der Waals surface area contributed by atoms with Crippen molar-refractivity contribution in [3.63, 3.8) is 0 Å². The molecule has 21 heavy (non-hydrogen) atoms. The highest BCUT2D eigenvalue weighted by molar-refractivity contribution is 7.10. The van der Waals surface area contributed by atoms with Crippen LogP contribution < -0.4 is 0 Å². The van der Waals surface area contributed by atoms with Gasteiger partial charge in [-0.2, -0.15) is 0 Å². The Morgan fingerprint density at radius 1 is 1.29 bits per heavy atom. The van der Waals surface area contributed by atoms with Crippen molar-refractivity contribution in [3.05, 3.63) is 21.9 Å². The number of nitrogens with zero attached hydrogens (tertiary/aromatic N) is 1. The van der Waals surface area contributed by atoms with Gasteiger partial charge in [0.25, 0.3) is 0 Å². The number of aliphatic hydroxyl groups is 1. The first kappa shape index (κ1) is 14.3. The second kappa shape index (κ2) is 6.00. The molecule has 4 nitrogen and oxygen atoms in total. The summed E-state index contributed by atoms with van der Waals surface area (Å²) in [5.74, 6) is 5.93. The summed E-state index contributed by atoms with van der Waals surface area (Å²) in [7, 11) is 0. The van der Waals surface area contributed by atoms with Gasteiger partial charge in [0.15, 0.2) is 0 Å². The highest BCUT2D eigenvalue weighted by atomic mass is 32.1. The van der Waals surface area contributed by atoms with E-state index in [4.69, 9.17) is 5.11 Å². The average molecular weight is 303 g/mol. The van der Waals surface area contributed by atoms with E-state index in [0.29, 0.717) is 13.0 Å². The van der Waals surface area contributed by atoms with Crippen LogP contribution in [0.1, 0.15) is 36.1 Å². The number of carbonyl (C=O) groups is 2. The molecular weight excluding hydrogens is 286 g/mol. The monoisotopic (exact) mass is 303 g/mol. The molecule has 5 heteroatoms. The van der Waals surface area contributed by atoms with E-state index in [9.17, 15) is 9.59 Å². The summed E-state index contributed by atoms with van der Waals surface area (Å²) in [6.07, 6.45) is 2.86. The average Bonchev–Trinajstić information content (AvgIpc) is 3.10. The lowest BCUT2D eigenvalue weighted by atomic mass is 9.97. The predicted octanol–water partition coefficient (Wildman–Crippen LogP) is 1.77. The first-order valence-corrected chi connectivity index (χ1v) is 8.10. The smallest absolute Gasteiger partial charge is 0.232 e. The number of carbonyl (C=O) groups excluding carboxylic acids is 2. The molecule has 2 atom stereocenters. The molecule has 3 rings (SSSR count). The van der Waals surface area contributed by atoms with Gasteiger partial charge in [-0.05, 0) is 30.7 Å². The molecule has 0 radical (unpaired) electrons. The van der Waals surface area contributed by atoms with Crippen LogP contribution in [0.25, 0.3) is 0 Å². The summed E-state index contributed by atoms with van der Waals surface area (Å²) < 4.78 is 0. The largest absolute Gasteiger partial charge is 0.395 e. The van der Waals surface area contributed by atoms with Gasteiger partial charge in [-0.15, -0.1) is 11.3 Å². The minimum atomic E-state index is -0.0172. The summed E-state index contributed by atoms with van der Waals surface area (Å²) in [6, 6.07) is 1.90. The van der Waals surface area contributed by atoms with Crippen LogP contribution in [0.2, 0.25) is 0 Å². The number of imide groups is 1. The highest BCUT2D eigenvalue weighted by Gasteiger charge is 2.45. The SMILES string of the molecule is O=C1C2CCC(C2)C(=O)N1Cc1sccc1C#CCCO. The number of hydrogen-bond acceptors (Lipinski definition) is 4. The zero-order valence-corrected chi connectivity index (χ0v) is 12.5. The molecule has 2 aliphatic rings. The Morgan fingerprint density at radius 3 is 2.67 bits per heavy atom. The second-order valence-corrected chi connectivity index (χ2v) is 6.50. The van der Waals surface area contributed by atoms with Crippen molar-refractivity contribution in [2.75, 3.05) is 6.61 Å². The summed E-state index contributed by atoms with van der Waals surface area (Å²) in [6.45, 7) is 0.379.